The molecule has 0 aliphatic carbocycles. The summed E-state index contributed by atoms with van der Waals surface area (Å²) in [5.74, 6) is 0.829. The van der Waals surface area contributed by atoms with Gasteiger partial charge in [-0.3, -0.25) is 14.7 Å². The van der Waals surface area contributed by atoms with E-state index in [4.69, 9.17) is 4.74 Å². The lowest BCUT2D eigenvalue weighted by molar-refractivity contribution is 0.0398. The fourth-order valence-corrected chi connectivity index (χ4v) is 2.35. The van der Waals surface area contributed by atoms with E-state index in [-0.39, 0.29) is 5.91 Å². The Morgan fingerprint density at radius 3 is 2.67 bits per heavy atom. The second-order valence-corrected chi connectivity index (χ2v) is 5.38. The fourth-order valence-electron chi connectivity index (χ4n) is 2.35. The number of hydrogen-bond donors (Lipinski definition) is 2. The topological polar surface area (TPSA) is 92.3 Å². The summed E-state index contributed by atoms with van der Waals surface area (Å²) in [7, 11) is 0. The molecule has 1 fully saturated rings. The van der Waals surface area contributed by atoms with Gasteiger partial charge in [0.05, 0.1) is 18.8 Å². The summed E-state index contributed by atoms with van der Waals surface area (Å²) in [5.41, 5.74) is 0.479. The van der Waals surface area contributed by atoms with Crippen LogP contribution >= 0.6 is 0 Å². The van der Waals surface area contributed by atoms with Gasteiger partial charge in [-0.15, -0.1) is 10.2 Å². The van der Waals surface area contributed by atoms with Crippen molar-refractivity contribution < 1.29 is 9.53 Å². The van der Waals surface area contributed by atoms with Crippen LogP contribution in [0.25, 0.3) is 0 Å². The third-order valence-corrected chi connectivity index (χ3v) is 3.67. The van der Waals surface area contributed by atoms with Crippen LogP contribution in [0.15, 0.2) is 36.7 Å². The molecule has 8 nitrogen and oxygen atoms in total. The minimum absolute atomic E-state index is 0.259. The van der Waals surface area contributed by atoms with Crippen molar-refractivity contribution in [3.63, 3.8) is 0 Å². The van der Waals surface area contributed by atoms with E-state index in [1.54, 1.807) is 30.5 Å². The zero-order valence-corrected chi connectivity index (χ0v) is 13.3. The number of anilines is 2. The van der Waals surface area contributed by atoms with Gasteiger partial charge in [-0.1, -0.05) is 0 Å². The molecule has 8 heteroatoms. The van der Waals surface area contributed by atoms with E-state index in [2.05, 4.69) is 30.7 Å². The Balaban J connectivity index is 1.45. The van der Waals surface area contributed by atoms with Gasteiger partial charge < -0.3 is 15.4 Å². The highest BCUT2D eigenvalue weighted by molar-refractivity contribution is 6.03. The minimum Gasteiger partial charge on any atom is -0.379 e. The van der Waals surface area contributed by atoms with Crippen LogP contribution in [0, 0.1) is 0 Å². The predicted octanol–water partition coefficient (Wildman–Crippen LogP) is 0.868. The third-order valence-electron chi connectivity index (χ3n) is 3.67. The highest BCUT2D eigenvalue weighted by Crippen LogP contribution is 2.08. The number of carbonyl (C=O) groups is 1. The van der Waals surface area contributed by atoms with Gasteiger partial charge in [0.2, 0.25) is 0 Å². The molecule has 0 saturated carbocycles. The van der Waals surface area contributed by atoms with Gasteiger partial charge in [-0.2, -0.15) is 0 Å². The summed E-state index contributed by atoms with van der Waals surface area (Å²) in [4.78, 5) is 18.3. The number of amides is 1. The number of hydrogen-bond acceptors (Lipinski definition) is 7. The first-order chi connectivity index (χ1) is 11.8. The summed E-state index contributed by atoms with van der Waals surface area (Å²) in [6.07, 6.45) is 3.12. The Morgan fingerprint density at radius 1 is 1.17 bits per heavy atom. The molecule has 126 valence electrons. The number of nitrogens with one attached hydrogen (secondary N) is 2. The first-order valence-electron chi connectivity index (χ1n) is 7.90. The molecule has 3 rings (SSSR count). The number of ether oxygens (including phenoxy) is 1. The molecule has 0 atom stereocenters. The van der Waals surface area contributed by atoms with Gasteiger partial charge in [0, 0.05) is 38.6 Å². The molecule has 2 N–H and O–H groups in total. The van der Waals surface area contributed by atoms with Crippen molar-refractivity contribution in [1.82, 2.24) is 20.1 Å². The summed E-state index contributed by atoms with van der Waals surface area (Å²) in [5, 5.41) is 14.0. The quantitative estimate of drug-likeness (QED) is 0.813. The zero-order chi connectivity index (χ0) is 16.6. The second-order valence-electron chi connectivity index (χ2n) is 5.38. The normalized spacial score (nSPS) is 15.0. The smallest absolute Gasteiger partial charge is 0.258 e. The predicted molar refractivity (Wildman–Crippen MR) is 90.0 cm³/mol. The fraction of sp³-hybridized carbons (Fsp3) is 0.375. The van der Waals surface area contributed by atoms with Crippen LogP contribution in [0.2, 0.25) is 0 Å². The van der Waals surface area contributed by atoms with Gasteiger partial charge in [-0.05, 0) is 24.3 Å². The number of morpholine rings is 1. The molecule has 1 aliphatic rings. The number of pyridine rings is 1. The molecule has 2 aromatic heterocycles. The standard InChI is InChI=1S/C16H20N6O2/c23-16(13-2-1-5-17-12-13)19-15-4-3-14(20-21-15)18-6-7-22-8-10-24-11-9-22/h1-5,12H,6-11H2,(H,18,20)(H,19,21,23). The van der Waals surface area contributed by atoms with Crippen LogP contribution in [-0.4, -0.2) is 65.4 Å². The third kappa shape index (κ3) is 4.71. The maximum absolute atomic E-state index is 12.0. The number of aromatic nitrogens is 3. The van der Waals surface area contributed by atoms with E-state index in [9.17, 15) is 4.79 Å². The van der Waals surface area contributed by atoms with Crippen molar-refractivity contribution in [1.29, 1.82) is 0 Å². The number of carbonyl (C=O) groups excluding carboxylic acids is 1. The molecule has 1 saturated heterocycles. The maximum Gasteiger partial charge on any atom is 0.258 e. The van der Waals surface area contributed by atoms with Crippen LogP contribution in [0.1, 0.15) is 10.4 Å². The summed E-state index contributed by atoms with van der Waals surface area (Å²) < 4.78 is 5.32. The zero-order valence-electron chi connectivity index (χ0n) is 13.3. The first-order valence-corrected chi connectivity index (χ1v) is 7.90. The van der Waals surface area contributed by atoms with Crippen LogP contribution in [-0.2, 0) is 4.74 Å². The Morgan fingerprint density at radius 2 is 1.96 bits per heavy atom. The van der Waals surface area contributed by atoms with Gasteiger partial charge in [0.15, 0.2) is 5.82 Å². The van der Waals surface area contributed by atoms with Crippen molar-refractivity contribution in [2.45, 2.75) is 0 Å². The van der Waals surface area contributed by atoms with E-state index in [0.29, 0.717) is 17.2 Å². The highest BCUT2D eigenvalue weighted by atomic mass is 16.5. The lowest BCUT2D eigenvalue weighted by Crippen LogP contribution is -2.39. The van der Waals surface area contributed by atoms with Crippen molar-refractivity contribution in [2.75, 3.05) is 50.0 Å². The largest absolute Gasteiger partial charge is 0.379 e. The van der Waals surface area contributed by atoms with Crippen LogP contribution in [0.5, 0.6) is 0 Å². The Labute approximate surface area is 140 Å². The summed E-state index contributed by atoms with van der Waals surface area (Å²) in [6.45, 7) is 5.25. The van der Waals surface area contributed by atoms with Crippen LogP contribution < -0.4 is 10.6 Å². The maximum atomic E-state index is 12.0. The van der Waals surface area contributed by atoms with E-state index < -0.39 is 0 Å². The molecule has 24 heavy (non-hydrogen) atoms. The highest BCUT2D eigenvalue weighted by Gasteiger charge is 2.10. The van der Waals surface area contributed by atoms with E-state index >= 15 is 0 Å². The van der Waals surface area contributed by atoms with Crippen molar-refractivity contribution in [3.05, 3.63) is 42.2 Å². The van der Waals surface area contributed by atoms with Crippen molar-refractivity contribution in [3.8, 4) is 0 Å². The first kappa shape index (κ1) is 16.3. The number of rotatable bonds is 6. The van der Waals surface area contributed by atoms with Crippen LogP contribution in [0.3, 0.4) is 0 Å². The Kier molecular flexibility index (Phi) is 5.65. The lowest BCUT2D eigenvalue weighted by Gasteiger charge is -2.26. The monoisotopic (exact) mass is 328 g/mol. The molecule has 3 heterocycles. The molecule has 0 bridgehead atoms. The molecule has 0 aromatic carbocycles. The van der Waals surface area contributed by atoms with Gasteiger partial charge in [-0.25, -0.2) is 0 Å². The summed E-state index contributed by atoms with van der Waals surface area (Å²) in [6, 6.07) is 6.92. The molecular weight excluding hydrogens is 308 g/mol. The van der Waals surface area contributed by atoms with E-state index in [1.807, 2.05) is 0 Å². The summed E-state index contributed by atoms with van der Waals surface area (Å²) >= 11 is 0. The van der Waals surface area contributed by atoms with Gasteiger partial charge >= 0.3 is 0 Å². The van der Waals surface area contributed by atoms with Crippen molar-refractivity contribution in [2.24, 2.45) is 0 Å². The molecule has 0 radical (unpaired) electrons. The van der Waals surface area contributed by atoms with Gasteiger partial charge in [0.25, 0.3) is 5.91 Å². The molecule has 2 aromatic rings. The van der Waals surface area contributed by atoms with Crippen molar-refractivity contribution >= 4 is 17.5 Å². The SMILES string of the molecule is O=C(Nc1ccc(NCCN2CCOCC2)nn1)c1cccnc1. The molecule has 1 amide bonds. The molecule has 1 aliphatic heterocycles. The molecule has 0 unspecified atom stereocenters. The Hall–Kier alpha value is -2.58. The average molecular weight is 328 g/mol. The minimum atomic E-state index is -0.259. The molecule has 0 spiro atoms. The van der Waals surface area contributed by atoms with E-state index in [1.165, 1.54) is 6.20 Å². The van der Waals surface area contributed by atoms with Crippen LogP contribution in [0.4, 0.5) is 11.6 Å². The number of nitrogens with zero attached hydrogens (tertiary/aromatic N) is 4. The lowest BCUT2D eigenvalue weighted by atomic mass is 10.3. The molecular formula is C16H20N6O2. The average Bonchev–Trinajstić information content (AvgIpc) is 2.65. The van der Waals surface area contributed by atoms with Gasteiger partial charge in [0.1, 0.15) is 5.82 Å². The Bertz CT molecular complexity index is 643. The second kappa shape index (κ2) is 8.32. The van der Waals surface area contributed by atoms with E-state index in [0.717, 1.165) is 39.4 Å².